The minimum Gasteiger partial charge on any atom is -0.377 e. The summed E-state index contributed by atoms with van der Waals surface area (Å²) in [6, 6.07) is 3.84. The molecule has 0 bridgehead atoms. The Morgan fingerprint density at radius 3 is 2.85 bits per heavy atom. The van der Waals surface area contributed by atoms with E-state index < -0.39 is 16.1 Å². The molecule has 7 nitrogen and oxygen atoms in total. The zero-order valence-corrected chi connectivity index (χ0v) is 11.8. The molecule has 8 heteroatoms. The van der Waals surface area contributed by atoms with E-state index in [0.717, 1.165) is 6.20 Å². The molecule has 1 heterocycles. The number of nitriles is 1. The number of nitrogens with two attached hydrogens (primary N) is 1. The molecule has 1 aromatic heterocycles. The molecule has 1 fully saturated rings. The molecule has 1 saturated carbocycles. The topological polar surface area (TPSA) is 118 Å². The Labute approximate surface area is 117 Å². The van der Waals surface area contributed by atoms with Gasteiger partial charge >= 0.3 is 0 Å². The standard InChI is InChI=1S/C12H16N4O3S/c1-2-19-11-5-10(14)12(11)16-20(17,18)9-4-3-8(6-13)15-7-9/h3-4,7,10-12,16H,2,5,14H2,1H3. The van der Waals surface area contributed by atoms with Crippen molar-refractivity contribution in [2.75, 3.05) is 6.61 Å². The fourth-order valence-electron chi connectivity index (χ4n) is 2.04. The molecule has 108 valence electrons. The largest absolute Gasteiger partial charge is 0.377 e. The van der Waals surface area contributed by atoms with E-state index in [4.69, 9.17) is 15.7 Å². The maximum Gasteiger partial charge on any atom is 0.242 e. The molecular formula is C12H16N4O3S. The van der Waals surface area contributed by atoms with Crippen molar-refractivity contribution < 1.29 is 13.2 Å². The zero-order chi connectivity index (χ0) is 14.8. The molecule has 0 aromatic carbocycles. The van der Waals surface area contributed by atoms with Crippen LogP contribution in [0.25, 0.3) is 0 Å². The molecule has 20 heavy (non-hydrogen) atoms. The number of ether oxygens (including phenoxy) is 1. The molecular weight excluding hydrogens is 280 g/mol. The van der Waals surface area contributed by atoms with Gasteiger partial charge in [0.15, 0.2) is 0 Å². The molecule has 3 atom stereocenters. The van der Waals surface area contributed by atoms with Gasteiger partial charge in [0.25, 0.3) is 0 Å². The van der Waals surface area contributed by atoms with Gasteiger partial charge in [-0.25, -0.2) is 18.1 Å². The lowest BCUT2D eigenvalue weighted by molar-refractivity contribution is -0.0248. The summed E-state index contributed by atoms with van der Waals surface area (Å²) < 4.78 is 32.3. The fraction of sp³-hybridized carbons (Fsp3) is 0.500. The predicted molar refractivity (Wildman–Crippen MR) is 71.1 cm³/mol. The average Bonchev–Trinajstić information content (AvgIpc) is 2.45. The van der Waals surface area contributed by atoms with Crippen molar-refractivity contribution in [3.05, 3.63) is 24.0 Å². The molecule has 1 aliphatic rings. The van der Waals surface area contributed by atoms with Gasteiger partial charge in [-0.05, 0) is 25.5 Å². The number of nitrogens with one attached hydrogen (secondary N) is 1. The van der Waals surface area contributed by atoms with Crippen LogP contribution in [-0.2, 0) is 14.8 Å². The minimum absolute atomic E-state index is 0.00542. The van der Waals surface area contributed by atoms with Crippen molar-refractivity contribution in [2.45, 2.75) is 36.4 Å². The van der Waals surface area contributed by atoms with Crippen LogP contribution in [0.1, 0.15) is 19.0 Å². The molecule has 0 spiro atoms. The first kappa shape index (κ1) is 14.9. The summed E-state index contributed by atoms with van der Waals surface area (Å²) in [6.45, 7) is 2.36. The smallest absolute Gasteiger partial charge is 0.242 e. The monoisotopic (exact) mass is 296 g/mol. The van der Waals surface area contributed by atoms with Crippen molar-refractivity contribution >= 4 is 10.0 Å². The Kier molecular flexibility index (Phi) is 4.35. The first-order valence-corrected chi connectivity index (χ1v) is 7.72. The number of aromatic nitrogens is 1. The highest BCUT2D eigenvalue weighted by molar-refractivity contribution is 7.89. The van der Waals surface area contributed by atoms with Gasteiger partial charge in [0.05, 0.1) is 12.1 Å². The first-order valence-electron chi connectivity index (χ1n) is 6.23. The molecule has 0 amide bonds. The van der Waals surface area contributed by atoms with E-state index in [2.05, 4.69) is 9.71 Å². The van der Waals surface area contributed by atoms with Gasteiger partial charge in [0.2, 0.25) is 10.0 Å². The van der Waals surface area contributed by atoms with E-state index in [9.17, 15) is 8.42 Å². The summed E-state index contributed by atoms with van der Waals surface area (Å²) in [6.07, 6.45) is 1.59. The first-order chi connectivity index (χ1) is 9.47. The number of hydrogen-bond acceptors (Lipinski definition) is 6. The molecule has 3 unspecified atom stereocenters. The van der Waals surface area contributed by atoms with Crippen LogP contribution in [0.4, 0.5) is 0 Å². The van der Waals surface area contributed by atoms with Crippen molar-refractivity contribution in [1.29, 1.82) is 5.26 Å². The van der Waals surface area contributed by atoms with Crippen LogP contribution in [0, 0.1) is 11.3 Å². The highest BCUT2D eigenvalue weighted by atomic mass is 32.2. The molecule has 0 aliphatic heterocycles. The Morgan fingerprint density at radius 2 is 2.35 bits per heavy atom. The summed E-state index contributed by atoms with van der Waals surface area (Å²) in [4.78, 5) is 3.75. The third-order valence-electron chi connectivity index (χ3n) is 3.20. The maximum atomic E-state index is 12.2. The van der Waals surface area contributed by atoms with Gasteiger partial charge in [0, 0.05) is 18.8 Å². The van der Waals surface area contributed by atoms with E-state index in [0.29, 0.717) is 13.0 Å². The van der Waals surface area contributed by atoms with Crippen LogP contribution < -0.4 is 10.5 Å². The number of nitrogens with zero attached hydrogens (tertiary/aromatic N) is 2. The second-order valence-electron chi connectivity index (χ2n) is 4.53. The maximum absolute atomic E-state index is 12.2. The lowest BCUT2D eigenvalue weighted by Gasteiger charge is -2.42. The predicted octanol–water partition coefficient (Wildman–Crippen LogP) is -0.264. The highest BCUT2D eigenvalue weighted by Gasteiger charge is 2.42. The summed E-state index contributed by atoms with van der Waals surface area (Å²) in [5.74, 6) is 0. The summed E-state index contributed by atoms with van der Waals surface area (Å²) >= 11 is 0. The lowest BCUT2D eigenvalue weighted by atomic mass is 9.84. The van der Waals surface area contributed by atoms with E-state index in [1.165, 1.54) is 12.1 Å². The lowest BCUT2D eigenvalue weighted by Crippen LogP contribution is -2.64. The van der Waals surface area contributed by atoms with Crippen molar-refractivity contribution in [3.63, 3.8) is 0 Å². The Balaban J connectivity index is 2.12. The Bertz CT molecular complexity index is 607. The third kappa shape index (κ3) is 2.96. The summed E-state index contributed by atoms with van der Waals surface area (Å²) in [5, 5.41) is 8.64. The summed E-state index contributed by atoms with van der Waals surface area (Å²) in [7, 11) is -3.71. The van der Waals surface area contributed by atoms with Gasteiger partial charge in [-0.2, -0.15) is 5.26 Å². The van der Waals surface area contributed by atoms with Crippen LogP contribution >= 0.6 is 0 Å². The van der Waals surface area contributed by atoms with Crippen LogP contribution in [0.2, 0.25) is 0 Å². The average molecular weight is 296 g/mol. The van der Waals surface area contributed by atoms with E-state index in [1.807, 2.05) is 13.0 Å². The third-order valence-corrected chi connectivity index (χ3v) is 4.64. The number of rotatable bonds is 5. The van der Waals surface area contributed by atoms with Crippen molar-refractivity contribution in [1.82, 2.24) is 9.71 Å². The van der Waals surface area contributed by atoms with Crippen LogP contribution in [0.3, 0.4) is 0 Å². The molecule has 3 N–H and O–H groups in total. The summed E-state index contributed by atoms with van der Waals surface area (Å²) in [5.41, 5.74) is 5.97. The molecule has 1 aliphatic carbocycles. The quantitative estimate of drug-likeness (QED) is 0.772. The van der Waals surface area contributed by atoms with E-state index in [-0.39, 0.29) is 22.7 Å². The normalized spacial score (nSPS) is 25.8. The van der Waals surface area contributed by atoms with Crippen molar-refractivity contribution in [2.24, 2.45) is 5.73 Å². The van der Waals surface area contributed by atoms with Crippen LogP contribution in [-0.4, -0.2) is 38.2 Å². The molecule has 0 radical (unpaired) electrons. The van der Waals surface area contributed by atoms with Crippen LogP contribution in [0.15, 0.2) is 23.2 Å². The van der Waals surface area contributed by atoms with Gasteiger partial charge < -0.3 is 10.5 Å². The zero-order valence-electron chi connectivity index (χ0n) is 11.0. The number of hydrogen-bond donors (Lipinski definition) is 2. The van der Waals surface area contributed by atoms with Gasteiger partial charge in [-0.15, -0.1) is 0 Å². The Morgan fingerprint density at radius 1 is 1.60 bits per heavy atom. The second-order valence-corrected chi connectivity index (χ2v) is 6.25. The number of sulfonamides is 1. The molecule has 0 saturated heterocycles. The minimum atomic E-state index is -3.71. The van der Waals surface area contributed by atoms with Gasteiger partial charge in [-0.1, -0.05) is 0 Å². The SMILES string of the molecule is CCOC1CC(N)C1NS(=O)(=O)c1ccc(C#N)nc1. The number of pyridine rings is 1. The highest BCUT2D eigenvalue weighted by Crippen LogP contribution is 2.24. The fourth-order valence-corrected chi connectivity index (χ4v) is 3.30. The second kappa shape index (κ2) is 5.85. The van der Waals surface area contributed by atoms with E-state index >= 15 is 0 Å². The molecule has 2 rings (SSSR count). The van der Waals surface area contributed by atoms with E-state index in [1.54, 1.807) is 0 Å². The molecule has 1 aromatic rings. The van der Waals surface area contributed by atoms with Crippen molar-refractivity contribution in [3.8, 4) is 6.07 Å². The Hall–Kier alpha value is -1.53. The van der Waals surface area contributed by atoms with Gasteiger partial charge in [0.1, 0.15) is 16.7 Å². The van der Waals surface area contributed by atoms with Crippen LogP contribution in [0.5, 0.6) is 0 Å². The van der Waals surface area contributed by atoms with Gasteiger partial charge in [-0.3, -0.25) is 0 Å².